The Hall–Kier alpha value is -2.81. The molecule has 9 heteroatoms. The number of piperazine rings is 1. The van der Waals surface area contributed by atoms with Crippen LogP contribution in [0.2, 0.25) is 5.02 Å². The summed E-state index contributed by atoms with van der Waals surface area (Å²) in [4.78, 5) is 15.4. The van der Waals surface area contributed by atoms with Gasteiger partial charge in [-0.3, -0.25) is 4.90 Å². The first kappa shape index (κ1) is 24.9. The number of hydrogen-bond acceptors (Lipinski definition) is 5. The van der Waals surface area contributed by atoms with E-state index < -0.39 is 0 Å². The van der Waals surface area contributed by atoms with Crippen LogP contribution in [0.1, 0.15) is 18.2 Å². The third kappa shape index (κ3) is 5.94. The van der Waals surface area contributed by atoms with Crippen LogP contribution in [-0.4, -0.2) is 52.2 Å². The quantitative estimate of drug-likeness (QED) is 0.377. The van der Waals surface area contributed by atoms with Crippen LogP contribution in [0.25, 0.3) is 0 Å². The number of imidazole rings is 1. The van der Waals surface area contributed by atoms with Gasteiger partial charge in [0.2, 0.25) is 5.88 Å². The largest absolute Gasteiger partial charge is 0.473 e. The van der Waals surface area contributed by atoms with Crippen LogP contribution in [-0.2, 0) is 18.9 Å². The zero-order chi connectivity index (χ0) is 24.9. The lowest BCUT2D eigenvalue weighted by Crippen LogP contribution is -2.47. The van der Waals surface area contributed by atoms with Crippen molar-refractivity contribution in [3.63, 3.8) is 0 Å². The first-order valence-corrected chi connectivity index (χ1v) is 14.2. The van der Waals surface area contributed by atoms with Crippen molar-refractivity contribution in [2.24, 2.45) is 0 Å². The Bertz CT molecular complexity index is 1250. The smallest absolute Gasteiger partial charge is 0.215 e. The Balaban J connectivity index is 1.13. The van der Waals surface area contributed by atoms with Crippen molar-refractivity contribution in [3.8, 4) is 5.88 Å². The van der Waals surface area contributed by atoms with Gasteiger partial charge >= 0.3 is 0 Å². The normalized spacial score (nSPS) is 19.0. The second-order valence-corrected chi connectivity index (χ2v) is 11.5. The molecule has 0 amide bonds. The number of hydrogen-bond donors (Lipinski definition) is 1. The van der Waals surface area contributed by atoms with Gasteiger partial charge in [-0.25, -0.2) is 20.3 Å². The highest BCUT2D eigenvalue weighted by Crippen LogP contribution is 2.44. The molecule has 0 bridgehead atoms. The van der Waals surface area contributed by atoms with Gasteiger partial charge in [0.1, 0.15) is 18.2 Å². The molecule has 6 nitrogen and oxygen atoms in total. The van der Waals surface area contributed by atoms with E-state index in [1.165, 1.54) is 16.7 Å². The number of anilines is 1. The van der Waals surface area contributed by atoms with Crippen molar-refractivity contribution in [3.05, 3.63) is 93.5 Å². The van der Waals surface area contributed by atoms with Gasteiger partial charge in [-0.2, -0.15) is 4.98 Å². The standard InChI is InChI=1S/C27H31ClFN5OS/c1-2-33-20-30-16-23(33)19-36-14-4-5-24(36)17-32-10-12-34(13-11-32)26-6-3-7-27(31-26)35-18-21-8-9-22(28)15-25(21)29/h3-9,14-16,20,36H,2,10-13,17-19H2,1H3. The minimum absolute atomic E-state index is 0.110. The number of halogens is 2. The fraction of sp³-hybridized carbons (Fsp3) is 0.333. The molecule has 3 aromatic rings. The number of allylic oxidation sites excluding steroid dienone is 2. The number of aromatic nitrogens is 3. The Kier molecular flexibility index (Phi) is 7.94. The van der Waals surface area contributed by atoms with Crippen LogP contribution < -0.4 is 9.64 Å². The summed E-state index contributed by atoms with van der Waals surface area (Å²) in [6, 6.07) is 10.3. The van der Waals surface area contributed by atoms with Gasteiger partial charge in [-0.05, 0) is 35.4 Å². The van der Waals surface area contributed by atoms with Crippen molar-refractivity contribution in [2.45, 2.75) is 25.8 Å². The highest BCUT2D eigenvalue weighted by Gasteiger charge is 2.22. The van der Waals surface area contributed by atoms with Crippen LogP contribution >= 0.6 is 22.5 Å². The second-order valence-electron chi connectivity index (χ2n) is 8.92. The van der Waals surface area contributed by atoms with Gasteiger partial charge in [-0.1, -0.05) is 35.9 Å². The molecule has 36 heavy (non-hydrogen) atoms. The van der Waals surface area contributed by atoms with Gasteiger partial charge in [0, 0.05) is 73.6 Å². The molecule has 2 aromatic heterocycles. The van der Waals surface area contributed by atoms with E-state index in [1.54, 1.807) is 18.2 Å². The van der Waals surface area contributed by atoms with E-state index in [9.17, 15) is 4.39 Å². The van der Waals surface area contributed by atoms with Crippen molar-refractivity contribution in [1.29, 1.82) is 0 Å². The Morgan fingerprint density at radius 1 is 1.14 bits per heavy atom. The van der Waals surface area contributed by atoms with Gasteiger partial charge < -0.3 is 14.2 Å². The number of aryl methyl sites for hydroxylation is 1. The molecule has 2 aliphatic heterocycles. The van der Waals surface area contributed by atoms with Crippen LogP contribution in [0, 0.1) is 5.82 Å². The maximum absolute atomic E-state index is 14.0. The minimum Gasteiger partial charge on any atom is -0.473 e. The first-order chi connectivity index (χ1) is 17.6. The van der Waals surface area contributed by atoms with Crippen molar-refractivity contribution < 1.29 is 9.13 Å². The number of ether oxygens (including phenoxy) is 1. The molecule has 1 saturated heterocycles. The van der Waals surface area contributed by atoms with Gasteiger partial charge in [0.05, 0.1) is 6.33 Å². The zero-order valence-corrected chi connectivity index (χ0v) is 22.0. The molecule has 0 radical (unpaired) electrons. The van der Waals surface area contributed by atoms with Crippen molar-refractivity contribution in [2.75, 3.05) is 37.6 Å². The average molecular weight is 528 g/mol. The van der Waals surface area contributed by atoms with Crippen LogP contribution in [0.5, 0.6) is 5.88 Å². The molecular formula is C27H31ClFN5OS. The van der Waals surface area contributed by atoms with E-state index in [0.29, 0.717) is 16.5 Å². The van der Waals surface area contributed by atoms with Gasteiger partial charge in [0.25, 0.3) is 0 Å². The predicted molar refractivity (Wildman–Crippen MR) is 146 cm³/mol. The lowest BCUT2D eigenvalue weighted by Gasteiger charge is -2.36. The second kappa shape index (κ2) is 11.5. The monoisotopic (exact) mass is 527 g/mol. The fourth-order valence-corrected chi connectivity index (χ4v) is 6.73. The molecule has 0 saturated carbocycles. The molecule has 1 fully saturated rings. The molecule has 2 aliphatic rings. The van der Waals surface area contributed by atoms with E-state index in [0.717, 1.165) is 50.8 Å². The fourth-order valence-electron chi connectivity index (χ4n) is 4.50. The summed E-state index contributed by atoms with van der Waals surface area (Å²) in [6.45, 7) is 8.02. The molecule has 1 aromatic carbocycles. The van der Waals surface area contributed by atoms with E-state index in [-0.39, 0.29) is 23.3 Å². The van der Waals surface area contributed by atoms with Crippen molar-refractivity contribution in [1.82, 2.24) is 19.4 Å². The molecule has 0 N–H and O–H groups in total. The molecule has 0 spiro atoms. The average Bonchev–Trinajstić information content (AvgIpc) is 3.53. The van der Waals surface area contributed by atoms with E-state index >= 15 is 0 Å². The highest BCUT2D eigenvalue weighted by molar-refractivity contribution is 8.22. The summed E-state index contributed by atoms with van der Waals surface area (Å²) < 4.78 is 22.1. The topological polar surface area (TPSA) is 46.4 Å². The summed E-state index contributed by atoms with van der Waals surface area (Å²) in [7, 11) is -0.291. The molecule has 0 aliphatic carbocycles. The first-order valence-electron chi connectivity index (χ1n) is 12.2. The maximum Gasteiger partial charge on any atom is 0.215 e. The predicted octanol–water partition coefficient (Wildman–Crippen LogP) is 5.40. The minimum atomic E-state index is -0.373. The summed E-state index contributed by atoms with van der Waals surface area (Å²) >= 11 is 5.83. The Labute approximate surface area is 219 Å². The summed E-state index contributed by atoms with van der Waals surface area (Å²) in [6.07, 6.45) is 8.45. The number of nitrogens with zero attached hydrogens (tertiary/aromatic N) is 5. The van der Waals surface area contributed by atoms with E-state index in [4.69, 9.17) is 16.3 Å². The Morgan fingerprint density at radius 2 is 2.00 bits per heavy atom. The van der Waals surface area contributed by atoms with E-state index in [2.05, 4.69) is 48.8 Å². The number of rotatable bonds is 9. The number of pyridine rings is 1. The maximum atomic E-state index is 14.0. The van der Waals surface area contributed by atoms with Crippen LogP contribution in [0.4, 0.5) is 10.2 Å². The lowest BCUT2D eigenvalue weighted by molar-refractivity contribution is 0.278. The van der Waals surface area contributed by atoms with Gasteiger partial charge in [-0.15, -0.1) is 0 Å². The third-order valence-electron chi connectivity index (χ3n) is 6.58. The van der Waals surface area contributed by atoms with E-state index in [1.807, 2.05) is 24.7 Å². The molecular weight excluding hydrogens is 497 g/mol. The molecule has 1 atom stereocenters. The summed E-state index contributed by atoms with van der Waals surface area (Å²) in [5.41, 5.74) is 1.77. The third-order valence-corrected chi connectivity index (χ3v) is 9.04. The summed E-state index contributed by atoms with van der Waals surface area (Å²) in [5.74, 6) is 2.06. The Morgan fingerprint density at radius 3 is 2.81 bits per heavy atom. The zero-order valence-electron chi connectivity index (χ0n) is 20.4. The van der Waals surface area contributed by atoms with Crippen LogP contribution in [0.3, 0.4) is 0 Å². The number of thiol groups is 1. The molecule has 1 unspecified atom stereocenters. The molecule has 4 heterocycles. The number of benzene rings is 1. The summed E-state index contributed by atoms with van der Waals surface area (Å²) in [5, 5.41) is 2.75. The van der Waals surface area contributed by atoms with Crippen LogP contribution in [0.15, 0.2) is 71.4 Å². The molecule has 5 rings (SSSR count). The highest BCUT2D eigenvalue weighted by atomic mass is 35.5. The van der Waals surface area contributed by atoms with Gasteiger partial charge in [0.15, 0.2) is 0 Å². The SMILES string of the molecule is CCn1cncc1C[SH]1C=CC=C1CN1CCN(c2cccc(OCc3ccc(Cl)cc3F)n2)CC1. The van der Waals surface area contributed by atoms with Crippen molar-refractivity contribution >= 4 is 28.3 Å². The molecule has 190 valence electrons. The lowest BCUT2D eigenvalue weighted by atomic mass is 10.2.